The molecule has 0 spiro atoms. The molecule has 6 aromatic rings. The smallest absolute Gasteiger partial charge is 0.337 e. The number of imidazole rings is 2. The Morgan fingerprint density at radius 2 is 1.15 bits per heavy atom. The number of rotatable bonds is 8. The average Bonchev–Trinajstić information content (AvgIpc) is 3.64. The molecule has 0 unspecified atom stereocenters. The second-order valence-corrected chi connectivity index (χ2v) is 12.6. The van der Waals surface area contributed by atoms with E-state index in [0.29, 0.717) is 17.4 Å². The van der Waals surface area contributed by atoms with E-state index in [0.717, 1.165) is 68.8 Å². The van der Waals surface area contributed by atoms with E-state index in [1.165, 1.54) is 7.11 Å². The third-order valence-corrected chi connectivity index (χ3v) is 7.62. The minimum Gasteiger partial charge on any atom is -0.478 e. The Labute approximate surface area is 274 Å². The van der Waals surface area contributed by atoms with Gasteiger partial charge in [0.15, 0.2) is 0 Å². The number of carbonyl (C=O) groups excluding carboxylic acids is 1. The molecule has 4 heterocycles. The first-order chi connectivity index (χ1) is 22.4. The number of aromatic carboxylic acids is 1. The van der Waals surface area contributed by atoms with Crippen LogP contribution in [-0.4, -0.2) is 53.2 Å². The summed E-state index contributed by atoms with van der Waals surface area (Å²) >= 11 is 0. The number of carboxylic acids is 1. The average molecular weight is 633 g/mol. The van der Waals surface area contributed by atoms with Gasteiger partial charge in [-0.15, -0.1) is 0 Å². The zero-order chi connectivity index (χ0) is 33.8. The Balaban J connectivity index is 0.000000185. The van der Waals surface area contributed by atoms with Crippen LogP contribution in [0.4, 0.5) is 0 Å². The molecule has 0 saturated heterocycles. The number of carboxylic acid groups (broad SMARTS) is 1. The second kappa shape index (κ2) is 13.9. The molecule has 0 bridgehead atoms. The van der Waals surface area contributed by atoms with Crippen molar-refractivity contribution < 1.29 is 19.4 Å². The van der Waals surface area contributed by atoms with E-state index in [2.05, 4.69) is 52.2 Å². The number of methoxy groups -OCH3 is 1. The summed E-state index contributed by atoms with van der Waals surface area (Å²) in [4.78, 5) is 41.6. The van der Waals surface area contributed by atoms with Crippen molar-refractivity contribution in [3.05, 3.63) is 95.8 Å². The summed E-state index contributed by atoms with van der Waals surface area (Å²) < 4.78 is 8.98. The van der Waals surface area contributed by atoms with Gasteiger partial charge in [0.05, 0.1) is 64.3 Å². The van der Waals surface area contributed by atoms with E-state index in [-0.39, 0.29) is 11.5 Å². The highest BCUT2D eigenvalue weighted by Gasteiger charge is 2.18. The Hall–Kier alpha value is -5.38. The fraction of sp³-hybridized carbons (Fsp3) is 0.297. The second-order valence-electron chi connectivity index (χ2n) is 12.6. The van der Waals surface area contributed by atoms with Crippen molar-refractivity contribution in [1.82, 2.24) is 29.1 Å². The van der Waals surface area contributed by atoms with Gasteiger partial charge in [0.25, 0.3) is 0 Å². The lowest BCUT2D eigenvalue weighted by Gasteiger charge is -2.10. The SMILES string of the molecule is COC(=O)c1cc(-c2ccc(C)cn2)c2ncn(CC(C)C)c2c1.Cc1ccc(-c2cc(C(=O)O)cc3c2ncn3CC(C)C)nc1. The van der Waals surface area contributed by atoms with Crippen LogP contribution in [-0.2, 0) is 17.8 Å². The van der Waals surface area contributed by atoms with Crippen LogP contribution >= 0.6 is 0 Å². The van der Waals surface area contributed by atoms with Gasteiger partial charge >= 0.3 is 11.9 Å². The monoisotopic (exact) mass is 632 g/mol. The fourth-order valence-electron chi connectivity index (χ4n) is 5.41. The van der Waals surface area contributed by atoms with Gasteiger partial charge in [-0.2, -0.15) is 0 Å². The largest absolute Gasteiger partial charge is 0.478 e. The van der Waals surface area contributed by atoms with Crippen LogP contribution < -0.4 is 0 Å². The number of pyridine rings is 2. The number of aryl methyl sites for hydroxylation is 2. The number of aromatic nitrogens is 6. The first kappa shape index (κ1) is 33.0. The highest BCUT2D eigenvalue weighted by molar-refractivity contribution is 6.00. The lowest BCUT2D eigenvalue weighted by atomic mass is 10.0. The van der Waals surface area contributed by atoms with Gasteiger partial charge in [-0.1, -0.05) is 39.8 Å². The molecule has 2 aromatic carbocycles. The molecule has 1 N–H and O–H groups in total. The number of nitrogens with zero attached hydrogens (tertiary/aromatic N) is 6. The Kier molecular flexibility index (Phi) is 9.79. The van der Waals surface area contributed by atoms with E-state index >= 15 is 0 Å². The number of benzene rings is 2. The lowest BCUT2D eigenvalue weighted by Crippen LogP contribution is -2.05. The molecule has 242 valence electrons. The predicted molar refractivity (Wildman–Crippen MR) is 183 cm³/mol. The van der Waals surface area contributed by atoms with Crippen molar-refractivity contribution in [3.63, 3.8) is 0 Å². The number of esters is 1. The summed E-state index contributed by atoms with van der Waals surface area (Å²) in [6, 6.07) is 14.8. The van der Waals surface area contributed by atoms with Crippen molar-refractivity contribution in [2.75, 3.05) is 7.11 Å². The van der Waals surface area contributed by atoms with Crippen molar-refractivity contribution >= 4 is 34.0 Å². The maximum absolute atomic E-state index is 12.1. The van der Waals surface area contributed by atoms with Crippen LogP contribution in [0.15, 0.2) is 73.6 Å². The van der Waals surface area contributed by atoms with Crippen LogP contribution in [0.1, 0.15) is 59.5 Å². The van der Waals surface area contributed by atoms with Crippen LogP contribution in [0.5, 0.6) is 0 Å². The summed E-state index contributed by atoms with van der Waals surface area (Å²) in [6.45, 7) is 14.1. The first-order valence-electron chi connectivity index (χ1n) is 15.6. The molecule has 0 atom stereocenters. The normalized spacial score (nSPS) is 11.3. The summed E-state index contributed by atoms with van der Waals surface area (Å²) in [5.41, 5.74) is 9.41. The number of hydrogen-bond donors (Lipinski definition) is 1. The van der Waals surface area contributed by atoms with Crippen LogP contribution in [0, 0.1) is 25.7 Å². The summed E-state index contributed by atoms with van der Waals surface area (Å²) in [6.07, 6.45) is 7.19. The molecule has 4 aromatic heterocycles. The van der Waals surface area contributed by atoms with E-state index in [9.17, 15) is 14.7 Å². The number of hydrogen-bond acceptors (Lipinski definition) is 7. The molecule has 0 aliphatic rings. The maximum Gasteiger partial charge on any atom is 0.337 e. The molecule has 0 fully saturated rings. The molecule has 10 heteroatoms. The first-order valence-corrected chi connectivity index (χ1v) is 15.6. The van der Waals surface area contributed by atoms with E-state index in [1.807, 2.05) is 61.3 Å². The minimum atomic E-state index is -0.947. The number of fused-ring (bicyclic) bond motifs is 2. The molecule has 10 nitrogen and oxygen atoms in total. The highest BCUT2D eigenvalue weighted by atomic mass is 16.5. The molecule has 47 heavy (non-hydrogen) atoms. The topological polar surface area (TPSA) is 125 Å². The van der Waals surface area contributed by atoms with Crippen molar-refractivity contribution in [2.24, 2.45) is 11.8 Å². The van der Waals surface area contributed by atoms with Crippen molar-refractivity contribution in [2.45, 2.75) is 54.6 Å². The predicted octanol–water partition coefficient (Wildman–Crippen LogP) is 7.61. The van der Waals surface area contributed by atoms with Gasteiger partial charge in [0, 0.05) is 36.6 Å². The maximum atomic E-state index is 12.1. The molecule has 6 rings (SSSR count). The van der Waals surface area contributed by atoms with Crippen LogP contribution in [0.25, 0.3) is 44.6 Å². The summed E-state index contributed by atoms with van der Waals surface area (Å²) in [7, 11) is 1.39. The number of ether oxygens (including phenoxy) is 1. The Morgan fingerprint density at radius 3 is 1.53 bits per heavy atom. The molecular formula is C37H40N6O4. The van der Waals surface area contributed by atoms with Gasteiger partial charge in [-0.25, -0.2) is 19.6 Å². The van der Waals surface area contributed by atoms with Gasteiger partial charge in [0.1, 0.15) is 0 Å². The van der Waals surface area contributed by atoms with Crippen molar-refractivity contribution in [1.29, 1.82) is 0 Å². The molecule has 0 saturated carbocycles. The third kappa shape index (κ3) is 7.38. The Bertz CT molecular complexity index is 2040. The highest BCUT2D eigenvalue weighted by Crippen LogP contribution is 2.30. The van der Waals surface area contributed by atoms with Gasteiger partial charge in [-0.05, 0) is 73.2 Å². The molecule has 0 aliphatic heterocycles. The van der Waals surface area contributed by atoms with Gasteiger partial charge in [0.2, 0.25) is 0 Å². The molecule has 0 aliphatic carbocycles. The van der Waals surface area contributed by atoms with Gasteiger partial charge in [-0.3, -0.25) is 9.97 Å². The van der Waals surface area contributed by atoms with E-state index in [4.69, 9.17) is 4.74 Å². The zero-order valence-electron chi connectivity index (χ0n) is 27.9. The minimum absolute atomic E-state index is 0.250. The summed E-state index contributed by atoms with van der Waals surface area (Å²) in [5, 5.41) is 9.42. The molecule has 0 radical (unpaired) electrons. The fourth-order valence-corrected chi connectivity index (χ4v) is 5.41. The number of carbonyl (C=O) groups is 2. The van der Waals surface area contributed by atoms with E-state index in [1.54, 1.807) is 30.7 Å². The quantitative estimate of drug-likeness (QED) is 0.170. The third-order valence-electron chi connectivity index (χ3n) is 7.62. The zero-order valence-corrected chi connectivity index (χ0v) is 27.9. The summed E-state index contributed by atoms with van der Waals surface area (Å²) in [5.74, 6) is -0.382. The van der Waals surface area contributed by atoms with Crippen LogP contribution in [0.3, 0.4) is 0 Å². The molecule has 0 amide bonds. The van der Waals surface area contributed by atoms with Crippen LogP contribution in [0.2, 0.25) is 0 Å². The standard InChI is InChI=1S/C19H21N3O2.C18H19N3O2/c1-12(2)10-22-11-21-18-15(16-6-5-13(3)9-20-16)7-14(8-17(18)22)19(23)24-4;1-11(2)9-21-10-20-17-14(15-5-4-12(3)8-19-15)6-13(18(22)23)7-16(17)21/h5-9,11-12H,10H2,1-4H3;4-8,10-11H,9H2,1-3H3,(H,22,23). The van der Waals surface area contributed by atoms with Crippen molar-refractivity contribution in [3.8, 4) is 22.5 Å². The lowest BCUT2D eigenvalue weighted by molar-refractivity contribution is 0.0600. The van der Waals surface area contributed by atoms with Gasteiger partial charge < -0.3 is 19.0 Å². The van der Waals surface area contributed by atoms with E-state index < -0.39 is 5.97 Å². The molecular weight excluding hydrogens is 592 g/mol. The Morgan fingerprint density at radius 1 is 0.702 bits per heavy atom.